The second kappa shape index (κ2) is 5.82. The van der Waals surface area contributed by atoms with Crippen LogP contribution in [-0.2, 0) is 6.18 Å². The van der Waals surface area contributed by atoms with Crippen molar-refractivity contribution in [3.8, 4) is 5.75 Å². The molecular weight excluding hydrogens is 255 g/mol. The summed E-state index contributed by atoms with van der Waals surface area (Å²) in [4.78, 5) is 0. The van der Waals surface area contributed by atoms with Crippen LogP contribution < -0.4 is 10.1 Å². The number of nitrogens with one attached hydrogen (secondary N) is 1. The Morgan fingerprint density at radius 2 is 2.11 bits per heavy atom. The quantitative estimate of drug-likeness (QED) is 0.857. The Kier molecular flexibility index (Phi) is 4.34. The SMILES string of the molecule is CC(CNC1CC1)COc1cccc(C(F)(F)F)c1. The summed E-state index contributed by atoms with van der Waals surface area (Å²) < 4.78 is 43.0. The van der Waals surface area contributed by atoms with Crippen molar-refractivity contribution in [1.82, 2.24) is 5.32 Å². The monoisotopic (exact) mass is 273 g/mol. The highest BCUT2D eigenvalue weighted by Gasteiger charge is 2.30. The number of hydrogen-bond acceptors (Lipinski definition) is 2. The van der Waals surface area contributed by atoms with Crippen LogP contribution in [0.25, 0.3) is 0 Å². The van der Waals surface area contributed by atoms with Crippen molar-refractivity contribution < 1.29 is 17.9 Å². The van der Waals surface area contributed by atoms with Crippen molar-refractivity contribution in [3.63, 3.8) is 0 Å². The lowest BCUT2D eigenvalue weighted by Gasteiger charge is -2.15. The molecule has 0 aliphatic heterocycles. The summed E-state index contributed by atoms with van der Waals surface area (Å²) in [5, 5.41) is 3.37. The van der Waals surface area contributed by atoms with E-state index in [0.717, 1.165) is 18.7 Å². The molecule has 1 N–H and O–H groups in total. The van der Waals surface area contributed by atoms with Crippen LogP contribution in [0.4, 0.5) is 13.2 Å². The van der Waals surface area contributed by atoms with Gasteiger partial charge in [-0.1, -0.05) is 13.0 Å². The highest BCUT2D eigenvalue weighted by atomic mass is 19.4. The van der Waals surface area contributed by atoms with Crippen LogP contribution in [0.2, 0.25) is 0 Å². The summed E-state index contributed by atoms with van der Waals surface area (Å²) >= 11 is 0. The van der Waals surface area contributed by atoms with Gasteiger partial charge in [-0.15, -0.1) is 0 Å². The zero-order valence-corrected chi connectivity index (χ0v) is 10.8. The van der Waals surface area contributed by atoms with E-state index in [2.05, 4.69) is 5.32 Å². The molecular formula is C14H18F3NO. The highest BCUT2D eigenvalue weighted by Crippen LogP contribution is 2.31. The van der Waals surface area contributed by atoms with Crippen molar-refractivity contribution in [2.75, 3.05) is 13.2 Å². The van der Waals surface area contributed by atoms with E-state index in [9.17, 15) is 13.2 Å². The lowest BCUT2D eigenvalue weighted by molar-refractivity contribution is -0.137. The first-order chi connectivity index (χ1) is 8.95. The molecule has 0 radical (unpaired) electrons. The molecule has 1 aliphatic rings. The first-order valence-corrected chi connectivity index (χ1v) is 6.48. The van der Waals surface area contributed by atoms with Crippen molar-refractivity contribution in [2.45, 2.75) is 32.0 Å². The Bertz CT molecular complexity index is 415. The Morgan fingerprint density at radius 3 is 2.74 bits per heavy atom. The molecule has 1 aromatic rings. The molecule has 5 heteroatoms. The molecule has 1 fully saturated rings. The predicted molar refractivity (Wildman–Crippen MR) is 67.1 cm³/mol. The van der Waals surface area contributed by atoms with Gasteiger partial charge in [-0.2, -0.15) is 13.2 Å². The molecule has 106 valence electrons. The lowest BCUT2D eigenvalue weighted by atomic mass is 10.2. The van der Waals surface area contributed by atoms with Gasteiger partial charge in [-0.3, -0.25) is 0 Å². The normalized spacial score (nSPS) is 17.3. The third-order valence-corrected chi connectivity index (χ3v) is 3.03. The fourth-order valence-corrected chi connectivity index (χ4v) is 1.71. The van der Waals surface area contributed by atoms with Gasteiger partial charge in [0.15, 0.2) is 0 Å². The molecule has 0 saturated heterocycles. The van der Waals surface area contributed by atoms with Crippen molar-refractivity contribution >= 4 is 0 Å². The average molecular weight is 273 g/mol. The molecule has 1 aromatic carbocycles. The second-order valence-electron chi connectivity index (χ2n) is 5.12. The first-order valence-electron chi connectivity index (χ1n) is 6.48. The second-order valence-corrected chi connectivity index (χ2v) is 5.12. The zero-order chi connectivity index (χ0) is 13.9. The maximum Gasteiger partial charge on any atom is 0.416 e. The van der Waals surface area contributed by atoms with Gasteiger partial charge in [0.25, 0.3) is 0 Å². The van der Waals surface area contributed by atoms with Gasteiger partial charge in [0, 0.05) is 18.5 Å². The molecule has 0 bridgehead atoms. The number of benzene rings is 1. The summed E-state index contributed by atoms with van der Waals surface area (Å²) in [6.07, 6.45) is -1.87. The minimum Gasteiger partial charge on any atom is -0.493 e. The van der Waals surface area contributed by atoms with Crippen LogP contribution in [-0.4, -0.2) is 19.2 Å². The Balaban J connectivity index is 1.81. The van der Waals surface area contributed by atoms with Gasteiger partial charge in [0.05, 0.1) is 12.2 Å². The average Bonchev–Trinajstić information content (AvgIpc) is 3.17. The molecule has 2 nitrogen and oxygen atoms in total. The van der Waals surface area contributed by atoms with Crippen LogP contribution >= 0.6 is 0 Å². The molecule has 1 aliphatic carbocycles. The zero-order valence-electron chi connectivity index (χ0n) is 10.8. The van der Waals surface area contributed by atoms with Crippen LogP contribution in [0.5, 0.6) is 5.75 Å². The summed E-state index contributed by atoms with van der Waals surface area (Å²) in [6.45, 7) is 3.27. The van der Waals surface area contributed by atoms with Gasteiger partial charge in [-0.25, -0.2) is 0 Å². The number of ether oxygens (including phenoxy) is 1. The minimum atomic E-state index is -4.32. The number of hydrogen-bond donors (Lipinski definition) is 1. The van der Waals surface area contributed by atoms with Crippen LogP contribution in [0, 0.1) is 5.92 Å². The Labute approximate surface area is 111 Å². The maximum atomic E-state index is 12.5. The first kappa shape index (κ1) is 14.2. The molecule has 1 unspecified atom stereocenters. The van der Waals surface area contributed by atoms with Crippen molar-refractivity contribution in [1.29, 1.82) is 0 Å². The predicted octanol–water partition coefficient (Wildman–Crippen LogP) is 3.47. The number of halogens is 3. The maximum absolute atomic E-state index is 12.5. The third-order valence-electron chi connectivity index (χ3n) is 3.03. The third kappa shape index (κ3) is 4.74. The van der Waals surface area contributed by atoms with Crippen molar-refractivity contribution in [3.05, 3.63) is 29.8 Å². The fourth-order valence-electron chi connectivity index (χ4n) is 1.71. The molecule has 0 spiro atoms. The van der Waals surface area contributed by atoms with Crippen LogP contribution in [0.1, 0.15) is 25.3 Å². The topological polar surface area (TPSA) is 21.3 Å². The van der Waals surface area contributed by atoms with E-state index in [1.165, 1.54) is 18.9 Å². The smallest absolute Gasteiger partial charge is 0.416 e. The summed E-state index contributed by atoms with van der Waals surface area (Å²) in [6, 6.07) is 5.64. The molecule has 19 heavy (non-hydrogen) atoms. The van der Waals surface area contributed by atoms with E-state index < -0.39 is 11.7 Å². The van der Waals surface area contributed by atoms with Crippen LogP contribution in [0.3, 0.4) is 0 Å². The van der Waals surface area contributed by atoms with E-state index in [1.807, 2.05) is 6.92 Å². The van der Waals surface area contributed by atoms with Gasteiger partial charge in [-0.05, 0) is 31.0 Å². The van der Waals surface area contributed by atoms with Crippen LogP contribution in [0.15, 0.2) is 24.3 Å². The molecule has 0 aromatic heterocycles. The fraction of sp³-hybridized carbons (Fsp3) is 0.571. The van der Waals surface area contributed by atoms with E-state index in [1.54, 1.807) is 6.07 Å². The van der Waals surface area contributed by atoms with Gasteiger partial charge in [0.1, 0.15) is 5.75 Å². The van der Waals surface area contributed by atoms with Gasteiger partial charge in [0.2, 0.25) is 0 Å². The highest BCUT2D eigenvalue weighted by molar-refractivity contribution is 5.30. The largest absolute Gasteiger partial charge is 0.493 e. The lowest BCUT2D eigenvalue weighted by Crippen LogP contribution is -2.26. The Morgan fingerprint density at radius 1 is 1.37 bits per heavy atom. The molecule has 2 rings (SSSR count). The minimum absolute atomic E-state index is 0.271. The van der Waals surface area contributed by atoms with Gasteiger partial charge >= 0.3 is 6.18 Å². The van der Waals surface area contributed by atoms with Crippen molar-refractivity contribution in [2.24, 2.45) is 5.92 Å². The molecule has 1 atom stereocenters. The molecule has 0 amide bonds. The number of alkyl halides is 3. The van der Waals surface area contributed by atoms with E-state index in [4.69, 9.17) is 4.74 Å². The Hall–Kier alpha value is -1.23. The van der Waals surface area contributed by atoms with E-state index in [0.29, 0.717) is 12.6 Å². The summed E-state index contributed by atoms with van der Waals surface area (Å²) in [5.74, 6) is 0.545. The molecule has 1 saturated carbocycles. The summed E-state index contributed by atoms with van der Waals surface area (Å²) in [7, 11) is 0. The van der Waals surface area contributed by atoms with Gasteiger partial charge < -0.3 is 10.1 Å². The van der Waals surface area contributed by atoms with E-state index in [-0.39, 0.29) is 11.7 Å². The number of rotatable bonds is 6. The van der Waals surface area contributed by atoms with E-state index >= 15 is 0 Å². The molecule has 0 heterocycles. The summed E-state index contributed by atoms with van der Waals surface area (Å²) in [5.41, 5.74) is -0.672. The standard InChI is InChI=1S/C14H18F3NO/c1-10(8-18-12-5-6-12)9-19-13-4-2-3-11(7-13)14(15,16)17/h2-4,7,10,12,18H,5-6,8-9H2,1H3.